The van der Waals surface area contributed by atoms with Gasteiger partial charge in [0.05, 0.1) is 0 Å². The van der Waals surface area contributed by atoms with Crippen molar-refractivity contribution >= 4 is 0 Å². The minimum absolute atomic E-state index is 0.0270. The fraction of sp³-hybridized carbons (Fsp3) is 1.00. The van der Waals surface area contributed by atoms with E-state index in [4.69, 9.17) is 13.3 Å². The normalized spacial score (nSPS) is 14.4. The molecule has 0 saturated heterocycles. The first-order valence-corrected chi connectivity index (χ1v) is 30.4. The second kappa shape index (κ2) is 28.7. The number of hydrogen-bond acceptors (Lipinski definition) is 4. The van der Waals surface area contributed by atoms with Gasteiger partial charge in [0.1, 0.15) is 0 Å². The average Bonchev–Trinajstić information content (AvgIpc) is 3.31. The molecule has 0 aromatic rings. The van der Waals surface area contributed by atoms with Crippen LogP contribution in [0.3, 0.4) is 0 Å². The van der Waals surface area contributed by atoms with Crippen LogP contribution in [0.4, 0.5) is 0 Å². The molecule has 0 fully saturated rings. The van der Waals surface area contributed by atoms with Gasteiger partial charge in [0.15, 0.2) is 0 Å². The molecule has 0 aliphatic carbocycles. The third kappa shape index (κ3) is 12.6. The Hall–Kier alpha value is 0.554. The maximum absolute atomic E-state index is 8.73. The summed E-state index contributed by atoms with van der Waals surface area (Å²) in [7, 11) is 0. The predicted octanol–water partition coefficient (Wildman–Crippen LogP) is 20.1. The van der Waals surface area contributed by atoms with E-state index in [0.29, 0.717) is 0 Å². The molecule has 0 amide bonds. The zero-order valence-electron chi connectivity index (χ0n) is 45.9. The van der Waals surface area contributed by atoms with Gasteiger partial charge in [-0.2, -0.15) is 0 Å². The molecule has 368 valence electrons. The molecule has 0 rings (SSSR count). The first-order chi connectivity index (χ1) is 29.0. The summed E-state index contributed by atoms with van der Waals surface area (Å²) in [5.41, 5.74) is -1.95. The molecule has 0 unspecified atom stereocenters. The molecule has 5 heteroatoms. The zero-order valence-corrected chi connectivity index (χ0v) is 47.5. The van der Waals surface area contributed by atoms with Crippen LogP contribution in [0.1, 0.15) is 318 Å². The third-order valence-corrected chi connectivity index (χ3v) is 23.2. The first-order valence-electron chi connectivity index (χ1n) is 27.8. The van der Waals surface area contributed by atoms with Crippen molar-refractivity contribution in [3.63, 3.8) is 0 Å². The molecule has 0 N–H and O–H groups in total. The van der Waals surface area contributed by atoms with Gasteiger partial charge in [0.2, 0.25) is 0 Å². The Bertz CT molecular complexity index is 910. The van der Waals surface area contributed by atoms with Crippen molar-refractivity contribution in [3.8, 4) is 0 Å². The van der Waals surface area contributed by atoms with E-state index in [1.807, 2.05) is 0 Å². The molecule has 0 saturated carbocycles. The van der Waals surface area contributed by atoms with Crippen LogP contribution in [-0.2, 0) is 31.4 Å². The number of rotatable bonds is 40. The average molecular weight is 901 g/mol. The summed E-state index contributed by atoms with van der Waals surface area (Å²) in [6.45, 7) is 48.4. The van der Waals surface area contributed by atoms with Crippen LogP contribution in [0.25, 0.3) is 0 Å². The van der Waals surface area contributed by atoms with Gasteiger partial charge < -0.3 is 0 Å². The van der Waals surface area contributed by atoms with Gasteiger partial charge in [-0.3, -0.25) is 0 Å². The first kappa shape index (κ1) is 61.6. The molecule has 0 bridgehead atoms. The molecule has 0 aliphatic rings. The summed E-state index contributed by atoms with van der Waals surface area (Å²) in [5.74, 6) is 0. The maximum atomic E-state index is 8.73. The van der Waals surface area contributed by atoms with Gasteiger partial charge in [-0.15, -0.1) is 0 Å². The summed E-state index contributed by atoms with van der Waals surface area (Å²) in [5, 5.41) is 0. The van der Waals surface area contributed by atoms with Crippen LogP contribution in [0.2, 0.25) is 0 Å². The summed E-state index contributed by atoms with van der Waals surface area (Å²) in [6.07, 6.45) is 30.2. The fourth-order valence-electron chi connectivity index (χ4n) is 14.1. The Morgan fingerprint density at radius 2 is 0.377 bits per heavy atom. The Morgan fingerprint density at radius 1 is 0.230 bits per heavy atom. The van der Waals surface area contributed by atoms with Crippen LogP contribution in [0.5, 0.6) is 0 Å². The van der Waals surface area contributed by atoms with Gasteiger partial charge in [-0.1, -0.05) is 0 Å². The molecule has 0 heterocycles. The van der Waals surface area contributed by atoms with E-state index in [0.717, 1.165) is 128 Å². The molecule has 0 atom stereocenters. The van der Waals surface area contributed by atoms with Crippen molar-refractivity contribution in [2.75, 3.05) is 0 Å². The fourth-order valence-corrected chi connectivity index (χ4v) is 20.6. The Labute approximate surface area is 391 Å². The van der Waals surface area contributed by atoms with Crippen LogP contribution >= 0.6 is 0 Å². The molecular weight excluding hydrogens is 784 g/mol. The summed E-state index contributed by atoms with van der Waals surface area (Å²) in [4.78, 5) is 0. The SMILES string of the molecule is CCCCC(CC)(CC)C(CC)(CC)[O][Ti]([O]C(CC)(CC)C(CC)(CC)CCCC)([O]C(CC)(CC)C(CC)(CC)CCCC)[O]C(CC)(CC)C(CC)(CC)CCCC. The third-order valence-electron chi connectivity index (χ3n) is 19.2. The molecule has 0 aliphatic heterocycles. The Balaban J connectivity index is 9.74. The monoisotopic (exact) mass is 901 g/mol. The van der Waals surface area contributed by atoms with Gasteiger partial charge in [-0.05, 0) is 0 Å². The molecular formula is C56H116O4Ti. The molecule has 61 heavy (non-hydrogen) atoms. The van der Waals surface area contributed by atoms with Crippen molar-refractivity contribution < 1.29 is 31.4 Å². The molecule has 0 aromatic carbocycles. The Kier molecular flexibility index (Phi) is 28.9. The standard InChI is InChI=1S/4C14H29O.Ti/c4*1-6-11-12-13(7-2,8-3)14(15,9-4)10-5;/h4*6-12H2,1-5H3;/q4*-1;+4. The Morgan fingerprint density at radius 3 is 0.475 bits per heavy atom. The molecule has 0 radical (unpaired) electrons. The van der Waals surface area contributed by atoms with E-state index in [1.54, 1.807) is 0 Å². The summed E-state index contributed by atoms with van der Waals surface area (Å²) in [6, 6.07) is 0. The van der Waals surface area contributed by atoms with E-state index in [1.165, 1.54) is 51.4 Å². The predicted molar refractivity (Wildman–Crippen MR) is 268 cm³/mol. The van der Waals surface area contributed by atoms with E-state index in [-0.39, 0.29) is 21.7 Å². The van der Waals surface area contributed by atoms with Gasteiger partial charge >= 0.3 is 394 Å². The second-order valence-corrected chi connectivity index (χ2v) is 22.9. The van der Waals surface area contributed by atoms with Gasteiger partial charge in [-0.25, -0.2) is 0 Å². The van der Waals surface area contributed by atoms with Crippen LogP contribution in [0.15, 0.2) is 0 Å². The van der Waals surface area contributed by atoms with E-state index in [9.17, 15) is 0 Å². The van der Waals surface area contributed by atoms with Crippen molar-refractivity contribution in [1.29, 1.82) is 0 Å². The van der Waals surface area contributed by atoms with Crippen molar-refractivity contribution in [2.45, 2.75) is 341 Å². The van der Waals surface area contributed by atoms with Crippen LogP contribution < -0.4 is 0 Å². The second-order valence-electron chi connectivity index (χ2n) is 20.1. The zero-order chi connectivity index (χ0) is 47.1. The quantitative estimate of drug-likeness (QED) is 0.0574. The molecule has 0 spiro atoms. The van der Waals surface area contributed by atoms with E-state index >= 15 is 0 Å². The van der Waals surface area contributed by atoms with E-state index < -0.39 is 40.5 Å². The summed E-state index contributed by atoms with van der Waals surface area (Å²) < 4.78 is 34.9. The number of unbranched alkanes of at least 4 members (excludes halogenated alkanes) is 4. The summed E-state index contributed by atoms with van der Waals surface area (Å²) >= 11 is -5.10. The van der Waals surface area contributed by atoms with Crippen molar-refractivity contribution in [1.82, 2.24) is 0 Å². The molecule has 0 aromatic heterocycles. The van der Waals surface area contributed by atoms with Crippen LogP contribution in [-0.4, -0.2) is 22.4 Å². The minimum atomic E-state index is -5.10. The topological polar surface area (TPSA) is 36.9 Å². The van der Waals surface area contributed by atoms with Crippen molar-refractivity contribution in [3.05, 3.63) is 0 Å². The van der Waals surface area contributed by atoms with E-state index in [2.05, 4.69) is 138 Å². The van der Waals surface area contributed by atoms with Crippen molar-refractivity contribution in [2.24, 2.45) is 21.7 Å². The van der Waals surface area contributed by atoms with Gasteiger partial charge in [0, 0.05) is 0 Å². The van der Waals surface area contributed by atoms with Crippen LogP contribution in [0, 0.1) is 21.7 Å². The number of hydrogen-bond donors (Lipinski definition) is 0. The molecule has 4 nitrogen and oxygen atoms in total. The van der Waals surface area contributed by atoms with Gasteiger partial charge in [0.25, 0.3) is 0 Å².